The number of aromatic hydroxyl groups is 1. The second-order valence-electron chi connectivity index (χ2n) is 7.04. The molecule has 0 unspecified atom stereocenters. The number of sulfone groups is 1. The van der Waals surface area contributed by atoms with E-state index in [-0.39, 0.29) is 16.3 Å². The van der Waals surface area contributed by atoms with Crippen LogP contribution in [0.5, 0.6) is 5.75 Å². The van der Waals surface area contributed by atoms with Gasteiger partial charge in [0.25, 0.3) is 10.0 Å². The SMILES string of the molecule is O=S1(=O)C[C@@H](O)[C@@H](N(c2cccc(O)c2)S(=O)(=O)c2ccc3ccccc3c2)C1. The van der Waals surface area contributed by atoms with Gasteiger partial charge in [-0.05, 0) is 35.0 Å². The summed E-state index contributed by atoms with van der Waals surface area (Å²) in [6, 6.07) is 16.2. The Balaban J connectivity index is 1.89. The molecule has 1 fully saturated rings. The number of hydrogen-bond acceptors (Lipinski definition) is 6. The molecule has 0 aromatic heterocycles. The van der Waals surface area contributed by atoms with Gasteiger partial charge < -0.3 is 10.2 Å². The molecule has 7 nitrogen and oxygen atoms in total. The maximum atomic E-state index is 13.6. The van der Waals surface area contributed by atoms with Gasteiger partial charge >= 0.3 is 0 Å². The Morgan fingerprint density at radius 1 is 0.897 bits per heavy atom. The van der Waals surface area contributed by atoms with E-state index in [2.05, 4.69) is 0 Å². The molecule has 2 N–H and O–H groups in total. The number of anilines is 1. The van der Waals surface area contributed by atoms with Crippen LogP contribution in [0.4, 0.5) is 5.69 Å². The summed E-state index contributed by atoms with van der Waals surface area (Å²) in [6.45, 7) is 0. The fourth-order valence-electron chi connectivity index (χ4n) is 3.61. The number of benzene rings is 3. The molecule has 1 heterocycles. The third kappa shape index (κ3) is 3.68. The van der Waals surface area contributed by atoms with Crippen LogP contribution in [-0.2, 0) is 19.9 Å². The van der Waals surface area contributed by atoms with Crippen molar-refractivity contribution in [3.8, 4) is 5.75 Å². The first-order chi connectivity index (χ1) is 13.7. The largest absolute Gasteiger partial charge is 0.508 e. The molecule has 29 heavy (non-hydrogen) atoms. The van der Waals surface area contributed by atoms with Gasteiger partial charge in [-0.25, -0.2) is 16.8 Å². The molecule has 2 atom stereocenters. The summed E-state index contributed by atoms with van der Waals surface area (Å²) in [5.41, 5.74) is 0.0827. The maximum absolute atomic E-state index is 13.6. The Morgan fingerprint density at radius 2 is 1.62 bits per heavy atom. The standard InChI is InChI=1S/C20H19NO6S2/c22-17-7-3-6-16(11-17)21(19-12-28(24,25)13-20(19)23)29(26,27)18-9-8-14-4-1-2-5-15(14)10-18/h1-11,19-20,22-23H,12-13H2/t19-,20+/m0/s1. The minimum Gasteiger partial charge on any atom is -0.508 e. The molecule has 1 aliphatic rings. The zero-order chi connectivity index (χ0) is 20.8. The maximum Gasteiger partial charge on any atom is 0.264 e. The Morgan fingerprint density at radius 3 is 2.28 bits per heavy atom. The lowest BCUT2D eigenvalue weighted by atomic mass is 10.1. The fraction of sp³-hybridized carbons (Fsp3) is 0.200. The minimum absolute atomic E-state index is 0.0314. The van der Waals surface area contributed by atoms with Gasteiger partial charge in [-0.15, -0.1) is 0 Å². The van der Waals surface area contributed by atoms with E-state index in [1.807, 2.05) is 12.1 Å². The molecule has 0 saturated carbocycles. The lowest BCUT2D eigenvalue weighted by molar-refractivity contribution is 0.184. The zero-order valence-corrected chi connectivity index (χ0v) is 16.8. The molecule has 0 amide bonds. The van der Waals surface area contributed by atoms with E-state index in [1.54, 1.807) is 18.2 Å². The van der Waals surface area contributed by atoms with Gasteiger partial charge in [0.2, 0.25) is 0 Å². The molecular weight excluding hydrogens is 414 g/mol. The van der Waals surface area contributed by atoms with Crippen LogP contribution in [0.1, 0.15) is 0 Å². The van der Waals surface area contributed by atoms with Gasteiger partial charge in [-0.1, -0.05) is 36.4 Å². The predicted molar refractivity (Wildman–Crippen MR) is 110 cm³/mol. The molecule has 3 aromatic carbocycles. The first-order valence-corrected chi connectivity index (χ1v) is 12.1. The van der Waals surface area contributed by atoms with E-state index in [4.69, 9.17) is 0 Å². The van der Waals surface area contributed by atoms with Crippen molar-refractivity contribution in [3.05, 3.63) is 66.7 Å². The quantitative estimate of drug-likeness (QED) is 0.650. The molecule has 0 spiro atoms. The Bertz CT molecular complexity index is 1290. The summed E-state index contributed by atoms with van der Waals surface area (Å²) in [5.74, 6) is -1.19. The molecule has 3 aromatic rings. The lowest BCUT2D eigenvalue weighted by Crippen LogP contribution is -2.47. The number of phenols is 1. The van der Waals surface area contributed by atoms with Gasteiger partial charge in [0, 0.05) is 6.07 Å². The average Bonchev–Trinajstić information content (AvgIpc) is 2.93. The summed E-state index contributed by atoms with van der Waals surface area (Å²) in [5, 5.41) is 21.8. The summed E-state index contributed by atoms with van der Waals surface area (Å²) < 4.78 is 52.2. The summed E-state index contributed by atoms with van der Waals surface area (Å²) in [4.78, 5) is -0.0314. The number of fused-ring (bicyclic) bond motifs is 1. The van der Waals surface area contributed by atoms with Crippen molar-refractivity contribution in [2.45, 2.75) is 17.0 Å². The number of sulfonamides is 1. The van der Waals surface area contributed by atoms with Crippen LogP contribution in [0.15, 0.2) is 71.6 Å². The molecule has 4 rings (SSSR count). The average molecular weight is 434 g/mol. The first-order valence-electron chi connectivity index (χ1n) is 8.88. The summed E-state index contributed by atoms with van der Waals surface area (Å²) in [7, 11) is -7.83. The molecule has 152 valence electrons. The zero-order valence-electron chi connectivity index (χ0n) is 15.2. The first kappa shape index (κ1) is 19.7. The number of nitrogens with zero attached hydrogens (tertiary/aromatic N) is 1. The fourth-order valence-corrected chi connectivity index (χ4v) is 7.18. The predicted octanol–water partition coefficient (Wildman–Crippen LogP) is 1.90. The highest BCUT2D eigenvalue weighted by Crippen LogP contribution is 2.33. The van der Waals surface area contributed by atoms with E-state index in [1.165, 1.54) is 36.4 Å². The second kappa shape index (κ2) is 7.01. The van der Waals surface area contributed by atoms with Crippen molar-refractivity contribution in [2.75, 3.05) is 15.8 Å². The van der Waals surface area contributed by atoms with Crippen molar-refractivity contribution in [2.24, 2.45) is 0 Å². The highest BCUT2D eigenvalue weighted by Gasteiger charge is 2.45. The van der Waals surface area contributed by atoms with Crippen LogP contribution in [-0.4, -0.2) is 50.7 Å². The molecule has 1 saturated heterocycles. The molecule has 0 bridgehead atoms. The Kier molecular flexibility index (Phi) is 4.76. The highest BCUT2D eigenvalue weighted by atomic mass is 32.2. The summed E-state index contributed by atoms with van der Waals surface area (Å²) in [6.07, 6.45) is -1.38. The van der Waals surface area contributed by atoms with Crippen LogP contribution in [0.25, 0.3) is 10.8 Å². The van der Waals surface area contributed by atoms with E-state index < -0.39 is 43.5 Å². The Labute approximate surface area is 168 Å². The molecule has 0 radical (unpaired) electrons. The van der Waals surface area contributed by atoms with Crippen LogP contribution in [0.2, 0.25) is 0 Å². The van der Waals surface area contributed by atoms with Crippen molar-refractivity contribution in [3.63, 3.8) is 0 Å². The molecular formula is C20H19NO6S2. The van der Waals surface area contributed by atoms with E-state index >= 15 is 0 Å². The number of hydrogen-bond donors (Lipinski definition) is 2. The normalized spacial score (nSPS) is 21.3. The monoisotopic (exact) mass is 433 g/mol. The van der Waals surface area contributed by atoms with Gasteiger partial charge in [0.15, 0.2) is 9.84 Å². The van der Waals surface area contributed by atoms with Gasteiger partial charge in [-0.2, -0.15) is 0 Å². The summed E-state index contributed by atoms with van der Waals surface area (Å²) >= 11 is 0. The number of rotatable bonds is 4. The molecule has 1 aliphatic heterocycles. The van der Waals surface area contributed by atoms with Crippen LogP contribution in [0.3, 0.4) is 0 Å². The van der Waals surface area contributed by atoms with Crippen molar-refractivity contribution in [1.29, 1.82) is 0 Å². The number of phenolic OH excluding ortho intramolecular Hbond substituents is 1. The minimum atomic E-state index is -4.23. The third-order valence-electron chi connectivity index (χ3n) is 4.96. The molecule has 9 heteroatoms. The van der Waals surface area contributed by atoms with Crippen molar-refractivity contribution in [1.82, 2.24) is 0 Å². The van der Waals surface area contributed by atoms with Crippen LogP contribution < -0.4 is 4.31 Å². The number of aliphatic hydroxyl groups excluding tert-OH is 1. The van der Waals surface area contributed by atoms with Gasteiger partial charge in [0.05, 0.1) is 34.2 Å². The Hall–Kier alpha value is -2.62. The van der Waals surface area contributed by atoms with Gasteiger partial charge in [-0.3, -0.25) is 4.31 Å². The second-order valence-corrected chi connectivity index (χ2v) is 11.0. The van der Waals surface area contributed by atoms with Crippen LogP contribution in [0, 0.1) is 0 Å². The van der Waals surface area contributed by atoms with Crippen LogP contribution >= 0.6 is 0 Å². The van der Waals surface area contributed by atoms with Crippen molar-refractivity contribution >= 4 is 36.3 Å². The highest BCUT2D eigenvalue weighted by molar-refractivity contribution is 7.93. The number of aliphatic hydroxyl groups is 1. The molecule has 0 aliphatic carbocycles. The van der Waals surface area contributed by atoms with E-state index in [0.717, 1.165) is 9.69 Å². The lowest BCUT2D eigenvalue weighted by Gasteiger charge is -2.31. The third-order valence-corrected chi connectivity index (χ3v) is 8.50. The topological polar surface area (TPSA) is 112 Å². The smallest absolute Gasteiger partial charge is 0.264 e. The van der Waals surface area contributed by atoms with E-state index in [0.29, 0.717) is 5.39 Å². The van der Waals surface area contributed by atoms with Gasteiger partial charge in [0.1, 0.15) is 5.75 Å². The van der Waals surface area contributed by atoms with E-state index in [9.17, 15) is 27.0 Å². The van der Waals surface area contributed by atoms with Crippen molar-refractivity contribution < 1.29 is 27.0 Å².